The first-order valence-electron chi connectivity index (χ1n) is 7.23. The van der Waals surface area contributed by atoms with Gasteiger partial charge in [-0.05, 0) is 48.8 Å². The van der Waals surface area contributed by atoms with Gasteiger partial charge in [0.1, 0.15) is 0 Å². The van der Waals surface area contributed by atoms with Crippen LogP contribution in [0.3, 0.4) is 0 Å². The van der Waals surface area contributed by atoms with E-state index in [9.17, 15) is 8.42 Å². The summed E-state index contributed by atoms with van der Waals surface area (Å²) in [5, 5.41) is 0. The van der Waals surface area contributed by atoms with Crippen LogP contribution in [0.15, 0.2) is 29.2 Å². The quantitative estimate of drug-likeness (QED) is 0.895. The first kappa shape index (κ1) is 15.5. The summed E-state index contributed by atoms with van der Waals surface area (Å²) in [6.07, 6.45) is 2.91. The molecule has 1 aromatic rings. The van der Waals surface area contributed by atoms with Crippen molar-refractivity contribution in [1.29, 1.82) is 0 Å². The first-order valence-corrected chi connectivity index (χ1v) is 8.72. The average molecular weight is 296 g/mol. The SMILES string of the molecule is CC1CCC(NS(=O)(=O)c2cccc(CN)c2)CC1C. The van der Waals surface area contributed by atoms with Gasteiger partial charge >= 0.3 is 0 Å². The van der Waals surface area contributed by atoms with Gasteiger partial charge in [0, 0.05) is 12.6 Å². The maximum atomic E-state index is 12.4. The maximum Gasteiger partial charge on any atom is 0.240 e. The smallest absolute Gasteiger partial charge is 0.240 e. The highest BCUT2D eigenvalue weighted by atomic mass is 32.2. The summed E-state index contributed by atoms with van der Waals surface area (Å²) in [7, 11) is -3.44. The zero-order valence-corrected chi connectivity index (χ0v) is 13.0. The minimum atomic E-state index is -3.44. The Labute approximate surface area is 121 Å². The minimum absolute atomic E-state index is 0.0488. The summed E-state index contributed by atoms with van der Waals surface area (Å²) in [6, 6.07) is 6.90. The third-order valence-corrected chi connectivity index (χ3v) is 5.88. The average Bonchev–Trinajstić information content (AvgIpc) is 2.43. The molecule has 1 aromatic carbocycles. The Hall–Kier alpha value is -0.910. The molecule has 1 saturated carbocycles. The summed E-state index contributed by atoms with van der Waals surface area (Å²) in [6.45, 7) is 4.78. The van der Waals surface area contributed by atoms with Crippen molar-refractivity contribution in [3.8, 4) is 0 Å². The molecule has 0 bridgehead atoms. The van der Waals surface area contributed by atoms with Crippen molar-refractivity contribution < 1.29 is 8.42 Å². The molecule has 1 fully saturated rings. The van der Waals surface area contributed by atoms with Crippen molar-refractivity contribution in [3.63, 3.8) is 0 Å². The lowest BCUT2D eigenvalue weighted by molar-refractivity contribution is 0.242. The predicted molar refractivity (Wildman–Crippen MR) is 80.6 cm³/mol. The molecule has 1 aliphatic rings. The summed E-state index contributed by atoms with van der Waals surface area (Å²) >= 11 is 0. The normalized spacial score (nSPS) is 27.4. The van der Waals surface area contributed by atoms with Crippen LogP contribution in [-0.2, 0) is 16.6 Å². The molecule has 0 radical (unpaired) electrons. The molecular weight excluding hydrogens is 272 g/mol. The second kappa shape index (κ2) is 6.24. The second-order valence-corrected chi connectivity index (χ2v) is 7.65. The van der Waals surface area contributed by atoms with Crippen molar-refractivity contribution in [2.24, 2.45) is 17.6 Å². The van der Waals surface area contributed by atoms with Gasteiger partial charge in [0.25, 0.3) is 0 Å². The molecule has 112 valence electrons. The minimum Gasteiger partial charge on any atom is -0.326 e. The summed E-state index contributed by atoms with van der Waals surface area (Å²) < 4.78 is 27.7. The zero-order valence-electron chi connectivity index (χ0n) is 12.2. The molecule has 4 nitrogen and oxygen atoms in total. The molecule has 0 amide bonds. The maximum absolute atomic E-state index is 12.4. The largest absolute Gasteiger partial charge is 0.326 e. The molecule has 0 spiro atoms. The summed E-state index contributed by atoms with van der Waals surface area (Å²) in [4.78, 5) is 0.312. The fourth-order valence-corrected chi connectivity index (χ4v) is 4.13. The van der Waals surface area contributed by atoms with Crippen LogP contribution in [0.1, 0.15) is 38.7 Å². The molecule has 20 heavy (non-hydrogen) atoms. The van der Waals surface area contributed by atoms with Crippen molar-refractivity contribution in [3.05, 3.63) is 29.8 Å². The van der Waals surface area contributed by atoms with Gasteiger partial charge in [-0.1, -0.05) is 26.0 Å². The molecular formula is C15H24N2O2S. The number of sulfonamides is 1. The predicted octanol–water partition coefficient (Wildman–Crippen LogP) is 2.25. The van der Waals surface area contributed by atoms with Crippen LogP contribution in [-0.4, -0.2) is 14.5 Å². The van der Waals surface area contributed by atoms with Gasteiger partial charge in [0.05, 0.1) is 4.90 Å². The van der Waals surface area contributed by atoms with E-state index >= 15 is 0 Å². The van der Waals surface area contributed by atoms with E-state index in [0.29, 0.717) is 23.3 Å². The number of benzene rings is 1. The first-order chi connectivity index (χ1) is 9.42. The fraction of sp³-hybridized carbons (Fsp3) is 0.600. The van der Waals surface area contributed by atoms with Crippen molar-refractivity contribution in [2.45, 2.75) is 50.6 Å². The number of nitrogens with two attached hydrogens (primary N) is 1. The molecule has 3 unspecified atom stereocenters. The lowest BCUT2D eigenvalue weighted by Crippen LogP contribution is -2.39. The molecule has 3 N–H and O–H groups in total. The second-order valence-electron chi connectivity index (χ2n) is 5.94. The Morgan fingerprint density at radius 2 is 2.00 bits per heavy atom. The van der Waals surface area contributed by atoms with Crippen LogP contribution in [0, 0.1) is 11.8 Å². The number of rotatable bonds is 4. The molecule has 0 aromatic heterocycles. The Morgan fingerprint density at radius 1 is 1.25 bits per heavy atom. The van der Waals surface area contributed by atoms with Gasteiger partial charge in [-0.15, -0.1) is 0 Å². The van der Waals surface area contributed by atoms with Crippen molar-refractivity contribution >= 4 is 10.0 Å². The Bertz CT molecular complexity index is 557. The molecule has 3 atom stereocenters. The molecule has 1 aliphatic carbocycles. The third-order valence-electron chi connectivity index (χ3n) is 4.36. The van der Waals surface area contributed by atoms with E-state index in [1.807, 2.05) is 6.07 Å². The van der Waals surface area contributed by atoms with E-state index in [0.717, 1.165) is 24.8 Å². The van der Waals surface area contributed by atoms with Crippen molar-refractivity contribution in [1.82, 2.24) is 4.72 Å². The van der Waals surface area contributed by atoms with E-state index in [4.69, 9.17) is 5.73 Å². The number of nitrogens with one attached hydrogen (secondary N) is 1. The van der Waals surface area contributed by atoms with Crippen LogP contribution < -0.4 is 10.5 Å². The lowest BCUT2D eigenvalue weighted by Gasteiger charge is -2.32. The van der Waals surface area contributed by atoms with E-state index < -0.39 is 10.0 Å². The zero-order chi connectivity index (χ0) is 14.8. The van der Waals surface area contributed by atoms with Gasteiger partial charge < -0.3 is 5.73 Å². The van der Waals surface area contributed by atoms with E-state index in [-0.39, 0.29) is 6.04 Å². The van der Waals surface area contributed by atoms with Crippen LogP contribution in [0.5, 0.6) is 0 Å². The van der Waals surface area contributed by atoms with E-state index in [1.54, 1.807) is 18.2 Å². The van der Waals surface area contributed by atoms with Gasteiger partial charge in [-0.25, -0.2) is 13.1 Å². The molecule has 0 heterocycles. The van der Waals surface area contributed by atoms with Crippen LogP contribution in [0.4, 0.5) is 0 Å². The van der Waals surface area contributed by atoms with Crippen LogP contribution in [0.2, 0.25) is 0 Å². The molecule has 0 aliphatic heterocycles. The Kier molecular flexibility index (Phi) is 4.83. The van der Waals surface area contributed by atoms with E-state index in [2.05, 4.69) is 18.6 Å². The summed E-state index contributed by atoms with van der Waals surface area (Å²) in [5.41, 5.74) is 6.40. The Morgan fingerprint density at radius 3 is 2.65 bits per heavy atom. The lowest BCUT2D eigenvalue weighted by atomic mass is 9.79. The van der Waals surface area contributed by atoms with Gasteiger partial charge in [-0.3, -0.25) is 0 Å². The number of hydrogen-bond donors (Lipinski definition) is 2. The van der Waals surface area contributed by atoms with Gasteiger partial charge in [0.15, 0.2) is 0 Å². The fourth-order valence-electron chi connectivity index (χ4n) is 2.78. The highest BCUT2D eigenvalue weighted by Crippen LogP contribution is 2.30. The van der Waals surface area contributed by atoms with Crippen LogP contribution in [0.25, 0.3) is 0 Å². The van der Waals surface area contributed by atoms with Gasteiger partial charge in [-0.2, -0.15) is 0 Å². The van der Waals surface area contributed by atoms with Gasteiger partial charge in [0.2, 0.25) is 10.0 Å². The third kappa shape index (κ3) is 3.59. The highest BCUT2D eigenvalue weighted by molar-refractivity contribution is 7.89. The molecule has 5 heteroatoms. The molecule has 2 rings (SSSR count). The van der Waals surface area contributed by atoms with Crippen LogP contribution >= 0.6 is 0 Å². The van der Waals surface area contributed by atoms with E-state index in [1.165, 1.54) is 0 Å². The monoisotopic (exact) mass is 296 g/mol. The number of hydrogen-bond acceptors (Lipinski definition) is 3. The summed E-state index contributed by atoms with van der Waals surface area (Å²) in [5.74, 6) is 1.24. The molecule has 0 saturated heterocycles. The van der Waals surface area contributed by atoms with Crippen molar-refractivity contribution in [2.75, 3.05) is 0 Å². The standard InChI is InChI=1S/C15H24N2O2S/c1-11-6-7-14(8-12(11)2)17-20(18,19)15-5-3-4-13(9-15)10-16/h3-5,9,11-12,14,17H,6-8,10,16H2,1-2H3. The highest BCUT2D eigenvalue weighted by Gasteiger charge is 2.28. The topological polar surface area (TPSA) is 72.2 Å². The Balaban J connectivity index is 2.11.